The van der Waals surface area contributed by atoms with Crippen LogP contribution in [-0.4, -0.2) is 27.2 Å². The summed E-state index contributed by atoms with van der Waals surface area (Å²) < 4.78 is 0. The Hall–Kier alpha value is -3.15. The molecule has 24 heavy (non-hydrogen) atoms. The van der Waals surface area contributed by atoms with E-state index >= 15 is 0 Å². The van der Waals surface area contributed by atoms with Crippen molar-refractivity contribution in [2.45, 2.75) is 19.4 Å². The molecule has 0 saturated carbocycles. The van der Waals surface area contributed by atoms with Crippen molar-refractivity contribution in [1.82, 2.24) is 15.5 Å². The highest BCUT2D eigenvalue weighted by Gasteiger charge is 2.21. The second-order valence-corrected chi connectivity index (χ2v) is 5.62. The van der Waals surface area contributed by atoms with Crippen molar-refractivity contribution >= 4 is 22.8 Å². The molecule has 0 spiro atoms. The van der Waals surface area contributed by atoms with Crippen LogP contribution in [0.25, 0.3) is 10.9 Å². The van der Waals surface area contributed by atoms with E-state index in [0.29, 0.717) is 11.1 Å². The molecular formula is C18H17N3O3. The summed E-state index contributed by atoms with van der Waals surface area (Å²) in [6.07, 6.45) is 1.46. The number of hydrogen-bond acceptors (Lipinski definition) is 3. The number of H-pyrrole nitrogens is 1. The van der Waals surface area contributed by atoms with Crippen LogP contribution < -0.4 is 5.32 Å². The van der Waals surface area contributed by atoms with Gasteiger partial charge in [-0.1, -0.05) is 36.4 Å². The first-order chi connectivity index (χ1) is 11.6. The second-order valence-electron chi connectivity index (χ2n) is 5.62. The van der Waals surface area contributed by atoms with Crippen molar-refractivity contribution < 1.29 is 14.7 Å². The molecule has 6 heteroatoms. The van der Waals surface area contributed by atoms with Gasteiger partial charge in [-0.15, -0.1) is 0 Å². The summed E-state index contributed by atoms with van der Waals surface area (Å²) in [5.74, 6) is -1.30. The Morgan fingerprint density at radius 2 is 2.00 bits per heavy atom. The molecule has 3 rings (SSSR count). The third-order valence-electron chi connectivity index (χ3n) is 3.97. The fourth-order valence-corrected chi connectivity index (χ4v) is 2.79. The fraction of sp³-hybridized carbons (Fsp3) is 0.167. The minimum atomic E-state index is -0.969. The molecule has 0 aliphatic rings. The largest absolute Gasteiger partial charge is 0.481 e. The SMILES string of the molecule is Cc1ccccc1[C@H](CC(=O)O)NC(=O)c1cccc2cn[nH]c12. The number of benzene rings is 2. The third-order valence-corrected chi connectivity index (χ3v) is 3.97. The van der Waals surface area contributed by atoms with E-state index in [0.717, 1.165) is 16.5 Å². The number of aryl methyl sites for hydroxylation is 1. The summed E-state index contributed by atoms with van der Waals surface area (Å²) in [5, 5.41) is 19.6. The lowest BCUT2D eigenvalue weighted by molar-refractivity contribution is -0.137. The number of nitrogens with zero attached hydrogens (tertiary/aromatic N) is 1. The highest BCUT2D eigenvalue weighted by atomic mass is 16.4. The summed E-state index contributed by atoms with van der Waals surface area (Å²) in [5.41, 5.74) is 2.80. The van der Waals surface area contributed by atoms with Crippen LogP contribution >= 0.6 is 0 Å². The smallest absolute Gasteiger partial charge is 0.305 e. The minimum absolute atomic E-state index is 0.185. The van der Waals surface area contributed by atoms with Crippen LogP contribution in [0, 0.1) is 6.92 Å². The van der Waals surface area contributed by atoms with Crippen molar-refractivity contribution in [3.8, 4) is 0 Å². The number of carbonyl (C=O) groups excluding carboxylic acids is 1. The Labute approximate surface area is 138 Å². The van der Waals surface area contributed by atoms with E-state index in [9.17, 15) is 14.7 Å². The second kappa shape index (κ2) is 6.54. The van der Waals surface area contributed by atoms with Crippen LogP contribution in [0.2, 0.25) is 0 Å². The number of aromatic nitrogens is 2. The molecule has 0 bridgehead atoms. The van der Waals surface area contributed by atoms with Gasteiger partial charge >= 0.3 is 5.97 Å². The van der Waals surface area contributed by atoms with E-state index in [1.165, 1.54) is 0 Å². The van der Waals surface area contributed by atoms with Crippen molar-refractivity contribution in [2.75, 3.05) is 0 Å². The van der Waals surface area contributed by atoms with Gasteiger partial charge in [-0.2, -0.15) is 5.10 Å². The Bertz CT molecular complexity index is 901. The third kappa shape index (κ3) is 3.12. The number of carboxylic acids is 1. The molecule has 3 aromatic rings. The number of fused-ring (bicyclic) bond motifs is 1. The van der Waals surface area contributed by atoms with Crippen molar-refractivity contribution in [1.29, 1.82) is 0 Å². The summed E-state index contributed by atoms with van der Waals surface area (Å²) in [4.78, 5) is 23.9. The number of rotatable bonds is 5. The van der Waals surface area contributed by atoms with Crippen LogP contribution in [0.15, 0.2) is 48.7 Å². The summed E-state index contributed by atoms with van der Waals surface area (Å²) in [6.45, 7) is 1.89. The monoisotopic (exact) mass is 323 g/mol. The predicted octanol–water partition coefficient (Wildman–Crippen LogP) is 2.82. The zero-order valence-electron chi connectivity index (χ0n) is 13.1. The topological polar surface area (TPSA) is 95.1 Å². The van der Waals surface area contributed by atoms with Gasteiger partial charge in [-0.05, 0) is 24.1 Å². The van der Waals surface area contributed by atoms with Crippen molar-refractivity contribution in [3.05, 3.63) is 65.4 Å². The molecule has 0 fully saturated rings. The predicted molar refractivity (Wildman–Crippen MR) is 89.7 cm³/mol. The van der Waals surface area contributed by atoms with Gasteiger partial charge in [0.05, 0.1) is 29.7 Å². The molecule has 1 atom stereocenters. The molecule has 1 heterocycles. The van der Waals surface area contributed by atoms with E-state index < -0.39 is 12.0 Å². The van der Waals surface area contributed by atoms with E-state index in [1.807, 2.05) is 37.3 Å². The average Bonchev–Trinajstić information content (AvgIpc) is 3.02. The molecule has 6 nitrogen and oxygen atoms in total. The van der Waals surface area contributed by atoms with Crippen LogP contribution in [0.5, 0.6) is 0 Å². The van der Waals surface area contributed by atoms with Gasteiger partial charge in [0.15, 0.2) is 0 Å². The molecule has 0 aliphatic carbocycles. The van der Waals surface area contributed by atoms with E-state index in [1.54, 1.807) is 18.3 Å². The van der Waals surface area contributed by atoms with E-state index in [2.05, 4.69) is 15.5 Å². The lowest BCUT2D eigenvalue weighted by atomic mass is 9.98. The number of carboxylic acid groups (broad SMARTS) is 1. The molecule has 3 N–H and O–H groups in total. The van der Waals surface area contributed by atoms with E-state index in [4.69, 9.17) is 0 Å². The standard InChI is InChI=1S/C18H17N3O3/c1-11-5-2-3-7-13(11)15(9-16(22)23)20-18(24)14-8-4-6-12-10-19-21-17(12)14/h2-8,10,15H,9H2,1H3,(H,19,21)(H,20,24)(H,22,23)/t15-/m0/s1. The van der Waals surface area contributed by atoms with Crippen molar-refractivity contribution in [2.24, 2.45) is 0 Å². The number of aromatic amines is 1. The zero-order chi connectivity index (χ0) is 17.1. The van der Waals surface area contributed by atoms with Gasteiger partial charge in [0.1, 0.15) is 0 Å². The van der Waals surface area contributed by atoms with Gasteiger partial charge in [0.25, 0.3) is 5.91 Å². The normalized spacial score (nSPS) is 12.0. The first-order valence-electron chi connectivity index (χ1n) is 7.56. The van der Waals surface area contributed by atoms with Gasteiger partial charge in [0, 0.05) is 5.39 Å². The number of amides is 1. The molecule has 0 aliphatic heterocycles. The Kier molecular flexibility index (Phi) is 4.29. The maximum Gasteiger partial charge on any atom is 0.305 e. The number of hydrogen-bond donors (Lipinski definition) is 3. The van der Waals surface area contributed by atoms with E-state index in [-0.39, 0.29) is 12.3 Å². The molecule has 0 saturated heterocycles. The van der Waals surface area contributed by atoms with Crippen LogP contribution in [0.3, 0.4) is 0 Å². The van der Waals surface area contributed by atoms with Crippen LogP contribution in [0.1, 0.15) is 33.9 Å². The maximum atomic E-state index is 12.7. The highest BCUT2D eigenvalue weighted by molar-refractivity contribution is 6.05. The molecule has 1 amide bonds. The lowest BCUT2D eigenvalue weighted by Crippen LogP contribution is -2.30. The number of nitrogens with one attached hydrogen (secondary N) is 2. The molecule has 1 aromatic heterocycles. The molecule has 122 valence electrons. The molecule has 0 radical (unpaired) electrons. The average molecular weight is 323 g/mol. The van der Waals surface area contributed by atoms with Gasteiger partial charge in [-0.25, -0.2) is 0 Å². The molecule has 0 unspecified atom stereocenters. The summed E-state index contributed by atoms with van der Waals surface area (Å²) in [7, 11) is 0. The Balaban J connectivity index is 1.93. The Morgan fingerprint density at radius 1 is 1.21 bits per heavy atom. The van der Waals surface area contributed by atoms with Crippen molar-refractivity contribution in [3.63, 3.8) is 0 Å². The fourth-order valence-electron chi connectivity index (χ4n) is 2.79. The molecule has 2 aromatic carbocycles. The first-order valence-corrected chi connectivity index (χ1v) is 7.56. The number of carbonyl (C=O) groups is 2. The lowest BCUT2D eigenvalue weighted by Gasteiger charge is -2.19. The highest BCUT2D eigenvalue weighted by Crippen LogP contribution is 2.22. The Morgan fingerprint density at radius 3 is 2.75 bits per heavy atom. The molecular weight excluding hydrogens is 306 g/mol. The maximum absolute atomic E-state index is 12.7. The van der Waals surface area contributed by atoms with Gasteiger partial charge in [-0.3, -0.25) is 14.7 Å². The summed E-state index contributed by atoms with van der Waals surface area (Å²) >= 11 is 0. The van der Waals surface area contributed by atoms with Gasteiger partial charge < -0.3 is 10.4 Å². The summed E-state index contributed by atoms with van der Waals surface area (Å²) in [6, 6.07) is 12.1. The van der Waals surface area contributed by atoms with Gasteiger partial charge in [0.2, 0.25) is 0 Å². The minimum Gasteiger partial charge on any atom is -0.481 e. The zero-order valence-corrected chi connectivity index (χ0v) is 13.1. The van der Waals surface area contributed by atoms with Crippen LogP contribution in [-0.2, 0) is 4.79 Å². The first kappa shape index (κ1) is 15.7. The number of para-hydroxylation sites is 1. The number of aliphatic carboxylic acids is 1. The quantitative estimate of drug-likeness (QED) is 0.673. The van der Waals surface area contributed by atoms with Crippen LogP contribution in [0.4, 0.5) is 0 Å².